The van der Waals surface area contributed by atoms with E-state index < -0.39 is 0 Å². The summed E-state index contributed by atoms with van der Waals surface area (Å²) in [6.07, 6.45) is 2.21. The van der Waals surface area contributed by atoms with Crippen molar-refractivity contribution in [2.75, 3.05) is 11.6 Å². The van der Waals surface area contributed by atoms with Crippen molar-refractivity contribution in [2.45, 2.75) is 17.7 Å². The molecule has 3 aromatic rings. The molecule has 3 aromatic carbocycles. The molecule has 3 heteroatoms. The van der Waals surface area contributed by atoms with Crippen LogP contribution in [-0.2, 0) is 0 Å². The first kappa shape index (κ1) is 18.4. The first-order chi connectivity index (χ1) is 12.3. The summed E-state index contributed by atoms with van der Waals surface area (Å²) in [6, 6.07) is 25.2. The Morgan fingerprint density at radius 1 is 0.680 bits per heavy atom. The quantitative estimate of drug-likeness (QED) is 0.227. The number of hydrogen-bond acceptors (Lipinski definition) is 1. The molecule has 3 rings (SSSR count). The number of hydrogen-bond donors (Lipinski definition) is 0. The minimum Gasteiger partial charge on any atom is -0.127 e. The molecule has 0 unspecified atom stereocenters. The monoisotopic (exact) mass is 386 g/mol. The zero-order valence-corrected chi connectivity index (χ0v) is 16.2. The van der Waals surface area contributed by atoms with E-state index in [2.05, 4.69) is 60.7 Å². The summed E-state index contributed by atoms with van der Waals surface area (Å²) in [7, 11) is 0. The Morgan fingerprint density at radius 2 is 1.32 bits per heavy atom. The summed E-state index contributed by atoms with van der Waals surface area (Å²) >= 11 is 13.8. The van der Waals surface area contributed by atoms with Gasteiger partial charge in [0.05, 0.1) is 0 Å². The normalized spacial score (nSPS) is 10.8. The number of halogens is 2. The lowest BCUT2D eigenvalue weighted by molar-refractivity contribution is 0.903. The minimum absolute atomic E-state index is 0.738. The molecule has 0 nitrogen and oxygen atoms in total. The third-order valence-electron chi connectivity index (χ3n) is 4.05. The van der Waals surface area contributed by atoms with Crippen molar-refractivity contribution in [3.63, 3.8) is 0 Å². The van der Waals surface area contributed by atoms with Gasteiger partial charge >= 0.3 is 0 Å². The van der Waals surface area contributed by atoms with E-state index in [9.17, 15) is 0 Å². The largest absolute Gasteiger partial charge is 0.127 e. The second-order valence-electron chi connectivity index (χ2n) is 5.79. The predicted octanol–water partition coefficient (Wildman–Crippen LogP) is 7.79. The first-order valence-electron chi connectivity index (χ1n) is 8.43. The van der Waals surface area contributed by atoms with Gasteiger partial charge in [-0.05, 0) is 59.0 Å². The van der Waals surface area contributed by atoms with Crippen LogP contribution in [0.1, 0.15) is 12.8 Å². The number of benzene rings is 3. The number of rotatable bonds is 7. The maximum Gasteiger partial charge on any atom is 0.0406 e. The third kappa shape index (κ3) is 4.82. The van der Waals surface area contributed by atoms with Gasteiger partial charge in [-0.3, -0.25) is 0 Å². The molecule has 0 spiro atoms. The Hall–Kier alpha value is -1.41. The third-order valence-corrected chi connectivity index (χ3v) is 5.72. The SMILES string of the molecule is ClCCCCSc1ccccc1-c1ccccc1-c1ccc(Cl)cc1. The van der Waals surface area contributed by atoms with Crippen molar-refractivity contribution in [3.8, 4) is 22.3 Å². The second kappa shape index (κ2) is 9.33. The van der Waals surface area contributed by atoms with Gasteiger partial charge in [-0.1, -0.05) is 66.2 Å². The van der Waals surface area contributed by atoms with E-state index >= 15 is 0 Å². The topological polar surface area (TPSA) is 0 Å². The van der Waals surface area contributed by atoms with E-state index in [0.717, 1.165) is 29.5 Å². The molecule has 0 N–H and O–H groups in total. The van der Waals surface area contributed by atoms with Gasteiger partial charge in [-0.15, -0.1) is 23.4 Å². The zero-order chi connectivity index (χ0) is 17.5. The van der Waals surface area contributed by atoms with Crippen molar-refractivity contribution in [3.05, 3.63) is 77.8 Å². The lowest BCUT2D eigenvalue weighted by Crippen LogP contribution is -1.89. The predicted molar refractivity (Wildman–Crippen MR) is 113 cm³/mol. The molecule has 0 aliphatic carbocycles. The van der Waals surface area contributed by atoms with Crippen LogP contribution in [0.2, 0.25) is 5.02 Å². The average molecular weight is 387 g/mol. The maximum atomic E-state index is 6.05. The van der Waals surface area contributed by atoms with Gasteiger partial charge < -0.3 is 0 Å². The molecule has 0 saturated carbocycles. The molecular formula is C22H20Cl2S. The van der Waals surface area contributed by atoms with E-state index in [1.807, 2.05) is 23.9 Å². The Balaban J connectivity index is 1.96. The molecule has 0 aromatic heterocycles. The molecule has 0 saturated heterocycles. The highest BCUT2D eigenvalue weighted by atomic mass is 35.5. The summed E-state index contributed by atoms with van der Waals surface area (Å²) in [5.41, 5.74) is 4.95. The van der Waals surface area contributed by atoms with Gasteiger partial charge in [0, 0.05) is 15.8 Å². The average Bonchev–Trinajstić information content (AvgIpc) is 2.66. The molecule has 0 radical (unpaired) electrons. The summed E-state index contributed by atoms with van der Waals surface area (Å²) in [4.78, 5) is 1.32. The van der Waals surface area contributed by atoms with Crippen LogP contribution in [0.3, 0.4) is 0 Å². The van der Waals surface area contributed by atoms with Crippen molar-refractivity contribution >= 4 is 35.0 Å². The number of thioether (sulfide) groups is 1. The van der Waals surface area contributed by atoms with Crippen molar-refractivity contribution < 1.29 is 0 Å². The Bertz CT molecular complexity index is 812. The van der Waals surface area contributed by atoms with Gasteiger partial charge in [0.1, 0.15) is 0 Å². The smallest absolute Gasteiger partial charge is 0.0406 e. The highest BCUT2D eigenvalue weighted by Crippen LogP contribution is 2.38. The number of alkyl halides is 1. The van der Waals surface area contributed by atoms with Crippen molar-refractivity contribution in [1.29, 1.82) is 0 Å². The molecule has 0 heterocycles. The second-order valence-corrected chi connectivity index (χ2v) is 7.74. The van der Waals surface area contributed by atoms with Crippen LogP contribution in [0.5, 0.6) is 0 Å². The van der Waals surface area contributed by atoms with Crippen molar-refractivity contribution in [1.82, 2.24) is 0 Å². The lowest BCUT2D eigenvalue weighted by atomic mass is 9.95. The lowest BCUT2D eigenvalue weighted by Gasteiger charge is -2.14. The van der Waals surface area contributed by atoms with E-state index in [-0.39, 0.29) is 0 Å². The van der Waals surface area contributed by atoms with Crippen LogP contribution >= 0.6 is 35.0 Å². The highest BCUT2D eigenvalue weighted by molar-refractivity contribution is 7.99. The Kier molecular flexibility index (Phi) is 6.86. The van der Waals surface area contributed by atoms with Gasteiger partial charge in [-0.25, -0.2) is 0 Å². The molecular weight excluding hydrogens is 367 g/mol. The summed E-state index contributed by atoms with van der Waals surface area (Å²) < 4.78 is 0. The van der Waals surface area contributed by atoms with Crippen LogP contribution in [-0.4, -0.2) is 11.6 Å². The fraction of sp³-hybridized carbons (Fsp3) is 0.182. The zero-order valence-electron chi connectivity index (χ0n) is 13.9. The van der Waals surface area contributed by atoms with E-state index in [1.165, 1.54) is 27.1 Å². The van der Waals surface area contributed by atoms with Gasteiger partial charge in [0.15, 0.2) is 0 Å². The fourth-order valence-electron chi connectivity index (χ4n) is 2.79. The fourth-order valence-corrected chi connectivity index (χ4v) is 4.18. The van der Waals surface area contributed by atoms with Crippen LogP contribution in [0, 0.1) is 0 Å². The minimum atomic E-state index is 0.738. The summed E-state index contributed by atoms with van der Waals surface area (Å²) in [5.74, 6) is 1.83. The van der Waals surface area contributed by atoms with Gasteiger partial charge in [0.25, 0.3) is 0 Å². The van der Waals surface area contributed by atoms with E-state index in [4.69, 9.17) is 23.2 Å². The van der Waals surface area contributed by atoms with E-state index in [1.54, 1.807) is 0 Å². The molecule has 0 fully saturated rings. The summed E-state index contributed by atoms with van der Waals surface area (Å²) in [5, 5.41) is 0.761. The summed E-state index contributed by atoms with van der Waals surface area (Å²) in [6.45, 7) is 0. The first-order valence-corrected chi connectivity index (χ1v) is 10.3. The molecule has 0 aliphatic heterocycles. The molecule has 0 amide bonds. The molecule has 0 atom stereocenters. The van der Waals surface area contributed by atoms with Gasteiger partial charge in [0.2, 0.25) is 0 Å². The standard InChI is InChI=1S/C22H20Cl2S/c23-15-5-6-16-25-22-10-4-3-9-21(22)20-8-2-1-7-19(20)17-11-13-18(24)14-12-17/h1-4,7-14H,5-6,15-16H2. The van der Waals surface area contributed by atoms with Gasteiger partial charge in [-0.2, -0.15) is 0 Å². The van der Waals surface area contributed by atoms with E-state index in [0.29, 0.717) is 0 Å². The molecule has 0 bridgehead atoms. The van der Waals surface area contributed by atoms with Crippen LogP contribution < -0.4 is 0 Å². The van der Waals surface area contributed by atoms with Crippen LogP contribution in [0.25, 0.3) is 22.3 Å². The maximum absolute atomic E-state index is 6.05. The number of unbranched alkanes of at least 4 members (excludes halogenated alkanes) is 1. The Morgan fingerprint density at radius 3 is 2.04 bits per heavy atom. The molecule has 128 valence electrons. The van der Waals surface area contributed by atoms with Crippen LogP contribution in [0.4, 0.5) is 0 Å². The Labute approximate surface area is 164 Å². The highest BCUT2D eigenvalue weighted by Gasteiger charge is 2.11. The van der Waals surface area contributed by atoms with Crippen LogP contribution in [0.15, 0.2) is 77.7 Å². The molecule has 25 heavy (non-hydrogen) atoms. The van der Waals surface area contributed by atoms with Crippen molar-refractivity contribution in [2.24, 2.45) is 0 Å². The molecule has 0 aliphatic rings.